The molecule has 5 nitrogen and oxygen atoms in total. The molecule has 0 fully saturated rings. The van der Waals surface area contributed by atoms with Gasteiger partial charge < -0.3 is 14.4 Å². The summed E-state index contributed by atoms with van der Waals surface area (Å²) < 4.78 is 23.6. The molecule has 0 bridgehead atoms. The quantitative estimate of drug-likeness (QED) is 0.548. The third-order valence-corrected chi connectivity index (χ3v) is 5.12. The van der Waals surface area contributed by atoms with E-state index in [9.17, 15) is 14.0 Å². The summed E-state index contributed by atoms with van der Waals surface area (Å²) in [4.78, 5) is 26.1. The van der Waals surface area contributed by atoms with E-state index in [-0.39, 0.29) is 24.3 Å². The molecule has 1 aliphatic rings. The standard InChI is InChI=1S/C23H24FNO4/c1-25(20-9-5-7-17-6-3-4-8-18(17)20)22(26)15-29-23(27)13-11-16-10-12-21(28-2)19(24)14-16/h3-4,6,8,10-14,20H,5,7,9,15H2,1-2H3/b13-11+/t20-/m1/s1. The van der Waals surface area contributed by atoms with Crippen LogP contribution in [0.1, 0.15) is 35.6 Å². The summed E-state index contributed by atoms with van der Waals surface area (Å²) in [6, 6.07) is 12.4. The van der Waals surface area contributed by atoms with Crippen LogP contribution in [-0.4, -0.2) is 37.5 Å². The summed E-state index contributed by atoms with van der Waals surface area (Å²) in [6.45, 7) is -0.338. The largest absolute Gasteiger partial charge is 0.494 e. The molecule has 0 saturated carbocycles. The van der Waals surface area contributed by atoms with Gasteiger partial charge >= 0.3 is 5.97 Å². The van der Waals surface area contributed by atoms with E-state index in [1.807, 2.05) is 18.2 Å². The number of nitrogens with zero attached hydrogens (tertiary/aromatic N) is 1. The average molecular weight is 397 g/mol. The molecule has 0 saturated heterocycles. The topological polar surface area (TPSA) is 55.8 Å². The summed E-state index contributed by atoms with van der Waals surface area (Å²) >= 11 is 0. The van der Waals surface area contributed by atoms with Crippen molar-refractivity contribution in [3.63, 3.8) is 0 Å². The van der Waals surface area contributed by atoms with Crippen molar-refractivity contribution in [2.24, 2.45) is 0 Å². The Kier molecular flexibility index (Phi) is 6.65. The molecule has 0 N–H and O–H groups in total. The van der Waals surface area contributed by atoms with E-state index < -0.39 is 11.8 Å². The van der Waals surface area contributed by atoms with Crippen LogP contribution in [0.4, 0.5) is 4.39 Å². The van der Waals surface area contributed by atoms with Gasteiger partial charge in [-0.2, -0.15) is 0 Å². The Morgan fingerprint density at radius 3 is 2.79 bits per heavy atom. The smallest absolute Gasteiger partial charge is 0.331 e. The number of fused-ring (bicyclic) bond motifs is 1. The molecule has 0 aromatic heterocycles. The van der Waals surface area contributed by atoms with Gasteiger partial charge in [0.2, 0.25) is 0 Å². The number of methoxy groups -OCH3 is 1. The minimum Gasteiger partial charge on any atom is -0.494 e. The Hall–Kier alpha value is -3.15. The van der Waals surface area contributed by atoms with E-state index in [2.05, 4.69) is 6.07 Å². The second-order valence-electron chi connectivity index (χ2n) is 6.95. The summed E-state index contributed by atoms with van der Waals surface area (Å²) in [5.41, 5.74) is 2.90. The Morgan fingerprint density at radius 1 is 1.24 bits per heavy atom. The first-order valence-electron chi connectivity index (χ1n) is 9.51. The number of aryl methyl sites for hydroxylation is 1. The summed E-state index contributed by atoms with van der Waals surface area (Å²) in [6.07, 6.45) is 5.51. The Morgan fingerprint density at radius 2 is 2.03 bits per heavy atom. The van der Waals surface area contributed by atoms with Crippen LogP contribution in [0.25, 0.3) is 6.08 Å². The lowest BCUT2D eigenvalue weighted by atomic mass is 9.87. The first kappa shape index (κ1) is 20.6. The molecule has 1 aliphatic carbocycles. The van der Waals surface area contributed by atoms with Crippen molar-refractivity contribution in [2.45, 2.75) is 25.3 Å². The van der Waals surface area contributed by atoms with Crippen LogP contribution >= 0.6 is 0 Å². The maximum absolute atomic E-state index is 13.7. The molecule has 3 rings (SSSR count). The number of esters is 1. The molecule has 0 unspecified atom stereocenters. The zero-order chi connectivity index (χ0) is 20.8. The number of ether oxygens (including phenoxy) is 2. The Labute approximate surface area is 169 Å². The first-order valence-corrected chi connectivity index (χ1v) is 9.51. The van der Waals surface area contributed by atoms with Gasteiger partial charge in [-0.1, -0.05) is 30.3 Å². The van der Waals surface area contributed by atoms with E-state index in [1.54, 1.807) is 18.0 Å². The predicted octanol–water partition coefficient (Wildman–Crippen LogP) is 3.93. The van der Waals surface area contributed by atoms with Crippen LogP contribution in [0.15, 0.2) is 48.5 Å². The highest BCUT2D eigenvalue weighted by molar-refractivity contribution is 5.89. The van der Waals surface area contributed by atoms with Crippen molar-refractivity contribution in [1.82, 2.24) is 4.90 Å². The highest BCUT2D eigenvalue weighted by atomic mass is 19.1. The molecule has 2 aromatic rings. The second-order valence-corrected chi connectivity index (χ2v) is 6.95. The zero-order valence-electron chi connectivity index (χ0n) is 16.6. The van der Waals surface area contributed by atoms with Crippen molar-refractivity contribution in [2.75, 3.05) is 20.8 Å². The van der Waals surface area contributed by atoms with Gasteiger partial charge in [-0.3, -0.25) is 4.79 Å². The highest BCUT2D eigenvalue weighted by Crippen LogP contribution is 2.33. The number of benzene rings is 2. The third-order valence-electron chi connectivity index (χ3n) is 5.12. The Bertz CT molecular complexity index is 925. The van der Waals surface area contributed by atoms with Crippen LogP contribution in [0.5, 0.6) is 5.75 Å². The van der Waals surface area contributed by atoms with Crippen LogP contribution in [0.3, 0.4) is 0 Å². The van der Waals surface area contributed by atoms with Crippen molar-refractivity contribution in [3.8, 4) is 5.75 Å². The van der Waals surface area contributed by atoms with Crippen LogP contribution in [0, 0.1) is 5.82 Å². The fourth-order valence-corrected chi connectivity index (χ4v) is 3.54. The lowest BCUT2D eigenvalue weighted by molar-refractivity contribution is -0.148. The molecular weight excluding hydrogens is 373 g/mol. The normalized spacial score (nSPS) is 15.6. The number of hydrogen-bond acceptors (Lipinski definition) is 4. The van der Waals surface area contributed by atoms with Crippen LogP contribution in [0.2, 0.25) is 0 Å². The van der Waals surface area contributed by atoms with Crippen LogP contribution < -0.4 is 4.74 Å². The van der Waals surface area contributed by atoms with E-state index in [0.717, 1.165) is 24.8 Å². The Balaban J connectivity index is 1.55. The lowest BCUT2D eigenvalue weighted by Gasteiger charge is -2.33. The van der Waals surface area contributed by atoms with E-state index >= 15 is 0 Å². The molecule has 152 valence electrons. The molecule has 6 heteroatoms. The summed E-state index contributed by atoms with van der Waals surface area (Å²) in [5, 5.41) is 0. The van der Waals surface area contributed by atoms with Gasteiger partial charge in [0.05, 0.1) is 13.2 Å². The number of halogens is 1. The van der Waals surface area contributed by atoms with Crippen molar-refractivity contribution >= 4 is 18.0 Å². The summed E-state index contributed by atoms with van der Waals surface area (Å²) in [7, 11) is 3.12. The zero-order valence-corrected chi connectivity index (χ0v) is 16.6. The van der Waals surface area contributed by atoms with Gasteiger partial charge in [-0.25, -0.2) is 9.18 Å². The molecule has 0 spiro atoms. The number of rotatable bonds is 6. The van der Waals surface area contributed by atoms with Gasteiger partial charge in [-0.05, 0) is 54.2 Å². The van der Waals surface area contributed by atoms with Gasteiger partial charge in [0.15, 0.2) is 18.2 Å². The maximum Gasteiger partial charge on any atom is 0.331 e. The fourth-order valence-electron chi connectivity index (χ4n) is 3.54. The monoisotopic (exact) mass is 397 g/mol. The molecular formula is C23H24FNO4. The predicted molar refractivity (Wildman–Crippen MR) is 108 cm³/mol. The third kappa shape index (κ3) is 5.02. The van der Waals surface area contributed by atoms with E-state index in [1.165, 1.54) is 37.0 Å². The average Bonchev–Trinajstić information content (AvgIpc) is 2.75. The minimum absolute atomic E-state index is 0.0102. The molecule has 2 aromatic carbocycles. The van der Waals surface area contributed by atoms with E-state index in [0.29, 0.717) is 5.56 Å². The maximum atomic E-state index is 13.7. The second kappa shape index (κ2) is 9.37. The SMILES string of the molecule is COc1ccc(/C=C/C(=O)OCC(=O)N(C)[C@@H]2CCCc3ccccc32)cc1F. The van der Waals surface area contributed by atoms with Gasteiger partial charge in [-0.15, -0.1) is 0 Å². The van der Waals surface area contributed by atoms with Crippen LogP contribution in [-0.2, 0) is 20.7 Å². The van der Waals surface area contributed by atoms with Gasteiger partial charge in [0.25, 0.3) is 5.91 Å². The molecule has 1 atom stereocenters. The van der Waals surface area contributed by atoms with Crippen molar-refractivity contribution in [3.05, 3.63) is 71.0 Å². The van der Waals surface area contributed by atoms with Gasteiger partial charge in [0, 0.05) is 13.1 Å². The fraction of sp³-hybridized carbons (Fsp3) is 0.304. The number of carbonyl (C=O) groups excluding carboxylic acids is 2. The first-order chi connectivity index (χ1) is 14.0. The van der Waals surface area contributed by atoms with Crippen molar-refractivity contribution in [1.29, 1.82) is 0 Å². The molecule has 0 aliphatic heterocycles. The highest BCUT2D eigenvalue weighted by Gasteiger charge is 2.26. The molecule has 29 heavy (non-hydrogen) atoms. The van der Waals surface area contributed by atoms with Gasteiger partial charge in [0.1, 0.15) is 0 Å². The lowest BCUT2D eigenvalue weighted by Crippen LogP contribution is -2.36. The number of amides is 1. The molecule has 0 heterocycles. The minimum atomic E-state index is -0.660. The van der Waals surface area contributed by atoms with Crippen molar-refractivity contribution < 1.29 is 23.5 Å². The van der Waals surface area contributed by atoms with E-state index in [4.69, 9.17) is 9.47 Å². The number of hydrogen-bond donors (Lipinski definition) is 0. The number of likely N-dealkylation sites (N-methyl/N-ethyl adjacent to an activating group) is 1. The number of carbonyl (C=O) groups is 2. The molecule has 0 radical (unpaired) electrons. The molecule has 1 amide bonds. The summed E-state index contributed by atoms with van der Waals surface area (Å²) in [5.74, 6) is -1.31.